The first-order chi connectivity index (χ1) is 17.1. The van der Waals surface area contributed by atoms with Crippen LogP contribution >= 0.6 is 33.9 Å². The van der Waals surface area contributed by atoms with Crippen molar-refractivity contribution >= 4 is 51.7 Å². The van der Waals surface area contributed by atoms with Crippen LogP contribution in [-0.2, 0) is 9.53 Å². The number of halogens is 1. The van der Waals surface area contributed by atoms with E-state index in [1.54, 1.807) is 11.5 Å². The van der Waals surface area contributed by atoms with E-state index in [-0.39, 0.29) is 12.2 Å². The lowest BCUT2D eigenvalue weighted by atomic mass is 9.93. The number of fused-ring (bicyclic) bond motifs is 1. The smallest absolute Gasteiger partial charge is 0.338 e. The Labute approximate surface area is 219 Å². The first-order valence-corrected chi connectivity index (χ1v) is 13.1. The summed E-state index contributed by atoms with van der Waals surface area (Å²) in [5, 5.41) is 0. The molecular weight excluding hydrogens is 571 g/mol. The first kappa shape index (κ1) is 23.4. The number of hydrogen-bond acceptors (Lipinski definition) is 5. The molecule has 3 aromatic carbocycles. The number of ether oxygens (including phenoxy) is 1. The summed E-state index contributed by atoms with van der Waals surface area (Å²) in [6.45, 7) is 2.00. The highest BCUT2D eigenvalue weighted by Crippen LogP contribution is 2.35. The zero-order valence-corrected chi connectivity index (χ0v) is 21.8. The third kappa shape index (κ3) is 4.66. The van der Waals surface area contributed by atoms with Gasteiger partial charge in [-0.2, -0.15) is 0 Å². The quantitative estimate of drug-likeness (QED) is 0.253. The SMILES string of the molecule is CCOC(=O)C1=C(c2ccccc2)N=c2s/c(=C\c3ccc(I)cc3)c(=O)n2[C@H]1c1ccccc1. The summed E-state index contributed by atoms with van der Waals surface area (Å²) >= 11 is 3.58. The number of hydrogen-bond donors (Lipinski definition) is 0. The maximum absolute atomic E-state index is 13.7. The van der Waals surface area contributed by atoms with Crippen molar-refractivity contribution in [1.82, 2.24) is 4.57 Å². The maximum atomic E-state index is 13.7. The first-order valence-electron chi connectivity index (χ1n) is 11.2. The highest BCUT2D eigenvalue weighted by Gasteiger charge is 2.35. The Kier molecular flexibility index (Phi) is 6.79. The second-order valence-corrected chi connectivity index (χ2v) is 10.1. The van der Waals surface area contributed by atoms with Gasteiger partial charge in [-0.15, -0.1) is 0 Å². The van der Waals surface area contributed by atoms with E-state index in [1.165, 1.54) is 11.3 Å². The molecule has 5 rings (SSSR count). The molecule has 0 saturated carbocycles. The van der Waals surface area contributed by atoms with Crippen molar-refractivity contribution in [1.29, 1.82) is 0 Å². The van der Waals surface area contributed by atoms with Crippen LogP contribution < -0.4 is 14.9 Å². The van der Waals surface area contributed by atoms with Crippen LogP contribution in [0.1, 0.15) is 29.7 Å². The van der Waals surface area contributed by atoms with Gasteiger partial charge < -0.3 is 4.74 Å². The molecule has 5 nitrogen and oxygen atoms in total. The molecule has 0 N–H and O–H groups in total. The molecule has 4 aromatic rings. The number of esters is 1. The number of aromatic nitrogens is 1. The molecule has 2 heterocycles. The Balaban J connectivity index is 1.82. The fourth-order valence-electron chi connectivity index (χ4n) is 4.10. The lowest BCUT2D eigenvalue weighted by molar-refractivity contribution is -0.138. The van der Waals surface area contributed by atoms with Crippen LogP contribution in [0.25, 0.3) is 11.8 Å². The largest absolute Gasteiger partial charge is 0.463 e. The van der Waals surface area contributed by atoms with E-state index in [1.807, 2.05) is 91.0 Å². The minimum absolute atomic E-state index is 0.185. The lowest BCUT2D eigenvalue weighted by Crippen LogP contribution is -2.39. The number of carbonyl (C=O) groups is 1. The van der Waals surface area contributed by atoms with Gasteiger partial charge in [0.05, 0.1) is 28.5 Å². The third-order valence-corrected chi connectivity index (χ3v) is 7.36. The van der Waals surface area contributed by atoms with Gasteiger partial charge in [-0.3, -0.25) is 9.36 Å². The van der Waals surface area contributed by atoms with Crippen molar-refractivity contribution in [2.24, 2.45) is 4.99 Å². The van der Waals surface area contributed by atoms with Gasteiger partial charge in [0.1, 0.15) is 0 Å². The minimum atomic E-state index is -0.652. The monoisotopic (exact) mass is 592 g/mol. The van der Waals surface area contributed by atoms with Crippen molar-refractivity contribution in [2.75, 3.05) is 6.61 Å². The predicted octanol–water partition coefficient (Wildman–Crippen LogP) is 4.54. The van der Waals surface area contributed by atoms with Gasteiger partial charge in [0, 0.05) is 9.13 Å². The topological polar surface area (TPSA) is 60.7 Å². The molecule has 174 valence electrons. The molecule has 0 spiro atoms. The molecular formula is C28H21IN2O3S. The van der Waals surface area contributed by atoms with E-state index in [2.05, 4.69) is 22.6 Å². The zero-order chi connectivity index (χ0) is 24.4. The molecule has 35 heavy (non-hydrogen) atoms. The third-order valence-electron chi connectivity index (χ3n) is 5.66. The normalized spacial score (nSPS) is 15.5. The van der Waals surface area contributed by atoms with Gasteiger partial charge in [-0.25, -0.2) is 9.79 Å². The Morgan fingerprint density at radius 2 is 1.69 bits per heavy atom. The molecule has 0 bridgehead atoms. The zero-order valence-electron chi connectivity index (χ0n) is 18.9. The van der Waals surface area contributed by atoms with Crippen LogP contribution in [0, 0.1) is 3.57 Å². The molecule has 0 saturated heterocycles. The molecule has 0 aliphatic carbocycles. The molecule has 0 amide bonds. The summed E-state index contributed by atoms with van der Waals surface area (Å²) in [5.74, 6) is -0.476. The van der Waals surface area contributed by atoms with Gasteiger partial charge >= 0.3 is 5.97 Å². The van der Waals surface area contributed by atoms with Crippen LogP contribution in [0.4, 0.5) is 0 Å². The Bertz CT molecular complexity index is 1590. The summed E-state index contributed by atoms with van der Waals surface area (Å²) in [7, 11) is 0. The summed E-state index contributed by atoms with van der Waals surface area (Å²) < 4.78 is 8.78. The Morgan fingerprint density at radius 1 is 1.03 bits per heavy atom. The van der Waals surface area contributed by atoms with Gasteiger partial charge in [0.2, 0.25) is 0 Å². The molecule has 0 radical (unpaired) electrons. The second kappa shape index (κ2) is 10.1. The van der Waals surface area contributed by atoms with Crippen LogP contribution in [0.15, 0.2) is 100 Å². The summed E-state index contributed by atoms with van der Waals surface area (Å²) in [4.78, 5) is 32.5. The number of thiazole rings is 1. The van der Waals surface area contributed by atoms with Crippen molar-refractivity contribution in [3.8, 4) is 0 Å². The van der Waals surface area contributed by atoms with E-state index in [0.717, 1.165) is 20.3 Å². The lowest BCUT2D eigenvalue weighted by Gasteiger charge is -2.25. The van der Waals surface area contributed by atoms with Crippen LogP contribution in [0.5, 0.6) is 0 Å². The molecule has 1 aromatic heterocycles. The van der Waals surface area contributed by atoms with E-state index in [9.17, 15) is 9.59 Å². The van der Waals surface area contributed by atoms with E-state index in [0.29, 0.717) is 20.6 Å². The van der Waals surface area contributed by atoms with Crippen molar-refractivity contribution < 1.29 is 9.53 Å². The van der Waals surface area contributed by atoms with Crippen LogP contribution in [0.2, 0.25) is 0 Å². The van der Waals surface area contributed by atoms with E-state index >= 15 is 0 Å². The minimum Gasteiger partial charge on any atom is -0.463 e. The van der Waals surface area contributed by atoms with Gasteiger partial charge in [-0.05, 0) is 58.9 Å². The predicted molar refractivity (Wildman–Crippen MR) is 147 cm³/mol. The molecule has 7 heteroatoms. The number of benzene rings is 3. The number of carbonyl (C=O) groups excluding carboxylic acids is 1. The second-order valence-electron chi connectivity index (χ2n) is 7.89. The molecule has 0 fully saturated rings. The summed E-state index contributed by atoms with van der Waals surface area (Å²) in [6, 6.07) is 26.4. The Morgan fingerprint density at radius 3 is 2.34 bits per heavy atom. The van der Waals surface area contributed by atoms with Crippen molar-refractivity contribution in [3.63, 3.8) is 0 Å². The van der Waals surface area contributed by atoms with Crippen LogP contribution in [-0.4, -0.2) is 17.1 Å². The molecule has 1 atom stereocenters. The summed E-state index contributed by atoms with van der Waals surface area (Å²) in [5.41, 5.74) is 3.25. The highest BCUT2D eigenvalue weighted by molar-refractivity contribution is 14.1. The Hall–Kier alpha value is -3.30. The van der Waals surface area contributed by atoms with Crippen LogP contribution in [0.3, 0.4) is 0 Å². The molecule has 1 aliphatic heterocycles. The number of nitrogens with zero attached hydrogens (tertiary/aromatic N) is 2. The molecule has 0 unspecified atom stereocenters. The van der Waals surface area contributed by atoms with Crippen molar-refractivity contribution in [3.05, 3.63) is 130 Å². The fourth-order valence-corrected chi connectivity index (χ4v) is 5.46. The average Bonchev–Trinajstić information content (AvgIpc) is 3.20. The fraction of sp³-hybridized carbons (Fsp3) is 0.107. The standard InChI is InChI=1S/C28H21IN2O3S/c1-2-34-27(33)23-24(19-9-5-3-6-10-19)30-28-31(25(23)20-11-7-4-8-12-20)26(32)22(35-28)17-18-13-15-21(29)16-14-18/h3-17,25H,2H2,1H3/b22-17-/t25-/m0/s1. The van der Waals surface area contributed by atoms with Gasteiger partial charge in [-0.1, -0.05) is 84.1 Å². The van der Waals surface area contributed by atoms with Crippen molar-refractivity contribution in [2.45, 2.75) is 13.0 Å². The number of rotatable bonds is 5. The van der Waals surface area contributed by atoms with E-state index < -0.39 is 12.0 Å². The van der Waals surface area contributed by atoms with Gasteiger partial charge in [0.25, 0.3) is 5.56 Å². The van der Waals surface area contributed by atoms with E-state index in [4.69, 9.17) is 9.73 Å². The molecule has 1 aliphatic rings. The van der Waals surface area contributed by atoms with Gasteiger partial charge in [0.15, 0.2) is 4.80 Å². The maximum Gasteiger partial charge on any atom is 0.338 e. The summed E-state index contributed by atoms with van der Waals surface area (Å²) in [6.07, 6.45) is 1.87. The highest BCUT2D eigenvalue weighted by atomic mass is 127. The average molecular weight is 592 g/mol.